The average molecular weight is 258 g/mol. The van der Waals surface area contributed by atoms with Crippen LogP contribution >= 0.6 is 0 Å². The first-order chi connectivity index (χ1) is 9.22. The SMILES string of the molecule is Nc1nc2c(o1)CCN(C(=O)Cc1cccnc1)C2. The van der Waals surface area contributed by atoms with Gasteiger partial charge in [0.25, 0.3) is 6.01 Å². The van der Waals surface area contributed by atoms with Gasteiger partial charge in [0.15, 0.2) is 0 Å². The summed E-state index contributed by atoms with van der Waals surface area (Å²) < 4.78 is 5.27. The highest BCUT2D eigenvalue weighted by Crippen LogP contribution is 2.21. The van der Waals surface area contributed by atoms with Crippen LogP contribution in [-0.4, -0.2) is 27.3 Å². The molecule has 6 heteroatoms. The zero-order valence-electron chi connectivity index (χ0n) is 10.4. The quantitative estimate of drug-likeness (QED) is 0.860. The van der Waals surface area contributed by atoms with Crippen LogP contribution in [-0.2, 0) is 24.2 Å². The summed E-state index contributed by atoms with van der Waals surface area (Å²) >= 11 is 0. The number of hydrogen-bond donors (Lipinski definition) is 1. The first-order valence-corrected chi connectivity index (χ1v) is 6.13. The van der Waals surface area contributed by atoms with E-state index in [9.17, 15) is 4.79 Å². The molecular formula is C13H14N4O2. The molecule has 98 valence electrons. The van der Waals surface area contributed by atoms with E-state index >= 15 is 0 Å². The number of nitrogens with two attached hydrogens (primary N) is 1. The number of oxazole rings is 1. The molecule has 19 heavy (non-hydrogen) atoms. The average Bonchev–Trinajstić information content (AvgIpc) is 2.78. The second kappa shape index (κ2) is 4.72. The summed E-state index contributed by atoms with van der Waals surface area (Å²) in [7, 11) is 0. The highest BCUT2D eigenvalue weighted by molar-refractivity contribution is 5.78. The lowest BCUT2D eigenvalue weighted by molar-refractivity contribution is -0.131. The molecule has 2 aromatic heterocycles. The van der Waals surface area contributed by atoms with E-state index in [2.05, 4.69) is 9.97 Å². The van der Waals surface area contributed by atoms with Gasteiger partial charge >= 0.3 is 0 Å². The predicted molar refractivity (Wildman–Crippen MR) is 68.0 cm³/mol. The number of anilines is 1. The third kappa shape index (κ3) is 2.42. The Morgan fingerprint density at radius 2 is 2.42 bits per heavy atom. The Bertz CT molecular complexity index is 594. The number of amides is 1. The van der Waals surface area contributed by atoms with Gasteiger partial charge in [0.1, 0.15) is 11.5 Å². The lowest BCUT2D eigenvalue weighted by atomic mass is 10.1. The van der Waals surface area contributed by atoms with E-state index in [4.69, 9.17) is 10.2 Å². The van der Waals surface area contributed by atoms with Gasteiger partial charge in [0.2, 0.25) is 5.91 Å². The van der Waals surface area contributed by atoms with Crippen molar-refractivity contribution in [1.82, 2.24) is 14.9 Å². The highest BCUT2D eigenvalue weighted by Gasteiger charge is 2.24. The molecule has 0 atom stereocenters. The number of hydrogen-bond acceptors (Lipinski definition) is 5. The number of fused-ring (bicyclic) bond motifs is 1. The maximum Gasteiger partial charge on any atom is 0.292 e. The molecule has 1 amide bonds. The van der Waals surface area contributed by atoms with Crippen molar-refractivity contribution in [2.45, 2.75) is 19.4 Å². The standard InChI is InChI=1S/C13H14N4O2/c14-13-16-10-8-17(5-3-11(10)19-13)12(18)6-9-2-1-4-15-7-9/h1-2,4,7H,3,5-6,8H2,(H2,14,16). The van der Waals surface area contributed by atoms with Crippen LogP contribution in [0.4, 0.5) is 6.01 Å². The Hall–Kier alpha value is -2.37. The third-order valence-corrected chi connectivity index (χ3v) is 3.18. The third-order valence-electron chi connectivity index (χ3n) is 3.18. The van der Waals surface area contributed by atoms with Gasteiger partial charge in [-0.15, -0.1) is 0 Å². The summed E-state index contributed by atoms with van der Waals surface area (Å²) in [4.78, 5) is 22.1. The van der Waals surface area contributed by atoms with Crippen LogP contribution in [0.25, 0.3) is 0 Å². The van der Waals surface area contributed by atoms with E-state index in [0.29, 0.717) is 25.9 Å². The van der Waals surface area contributed by atoms with Crippen LogP contribution < -0.4 is 5.73 Å². The van der Waals surface area contributed by atoms with Crippen LogP contribution in [0.5, 0.6) is 0 Å². The van der Waals surface area contributed by atoms with Crippen molar-refractivity contribution in [2.75, 3.05) is 12.3 Å². The number of nitrogen functional groups attached to an aromatic ring is 1. The molecule has 0 radical (unpaired) electrons. The van der Waals surface area contributed by atoms with E-state index in [-0.39, 0.29) is 11.9 Å². The number of carbonyl (C=O) groups is 1. The maximum absolute atomic E-state index is 12.2. The van der Waals surface area contributed by atoms with Crippen molar-refractivity contribution in [3.63, 3.8) is 0 Å². The van der Waals surface area contributed by atoms with Gasteiger partial charge in [-0.1, -0.05) is 6.07 Å². The minimum atomic E-state index is 0.0696. The topological polar surface area (TPSA) is 85.2 Å². The maximum atomic E-state index is 12.2. The molecule has 0 saturated heterocycles. The number of nitrogens with zero attached hydrogens (tertiary/aromatic N) is 3. The molecule has 0 spiro atoms. The lowest BCUT2D eigenvalue weighted by Gasteiger charge is -2.25. The molecule has 0 saturated carbocycles. The fourth-order valence-electron chi connectivity index (χ4n) is 2.22. The molecule has 6 nitrogen and oxygen atoms in total. The minimum absolute atomic E-state index is 0.0696. The normalized spacial score (nSPS) is 14.2. The molecule has 3 rings (SSSR count). The fraction of sp³-hybridized carbons (Fsp3) is 0.308. The highest BCUT2D eigenvalue weighted by atomic mass is 16.4. The van der Waals surface area contributed by atoms with Crippen molar-refractivity contribution >= 4 is 11.9 Å². The number of carbonyl (C=O) groups excluding carboxylic acids is 1. The van der Waals surface area contributed by atoms with Gasteiger partial charge in [0.05, 0.1) is 13.0 Å². The van der Waals surface area contributed by atoms with Gasteiger partial charge < -0.3 is 15.1 Å². The Kier molecular flexibility index (Phi) is 2.91. The molecule has 2 N–H and O–H groups in total. The van der Waals surface area contributed by atoms with Crippen molar-refractivity contribution in [3.8, 4) is 0 Å². The Labute approximate surface area is 110 Å². The monoisotopic (exact) mass is 258 g/mol. The number of rotatable bonds is 2. The van der Waals surface area contributed by atoms with E-state index in [0.717, 1.165) is 17.0 Å². The molecule has 0 aromatic carbocycles. The second-order valence-corrected chi connectivity index (χ2v) is 4.53. The van der Waals surface area contributed by atoms with E-state index in [1.54, 1.807) is 17.3 Å². The summed E-state index contributed by atoms with van der Waals surface area (Å²) in [6.45, 7) is 1.11. The van der Waals surface area contributed by atoms with E-state index in [1.807, 2.05) is 12.1 Å². The van der Waals surface area contributed by atoms with E-state index in [1.165, 1.54) is 0 Å². The zero-order chi connectivity index (χ0) is 13.2. The molecule has 1 aliphatic heterocycles. The van der Waals surface area contributed by atoms with Crippen LogP contribution in [0.2, 0.25) is 0 Å². The summed E-state index contributed by atoms with van der Waals surface area (Å²) in [6, 6.07) is 3.90. The van der Waals surface area contributed by atoms with Crippen molar-refractivity contribution in [1.29, 1.82) is 0 Å². The zero-order valence-corrected chi connectivity index (χ0v) is 10.4. The van der Waals surface area contributed by atoms with Gasteiger partial charge in [-0.2, -0.15) is 4.98 Å². The number of aromatic nitrogens is 2. The van der Waals surface area contributed by atoms with Crippen molar-refractivity contribution < 1.29 is 9.21 Å². The Morgan fingerprint density at radius 3 is 3.21 bits per heavy atom. The number of pyridine rings is 1. The molecule has 0 unspecified atom stereocenters. The smallest absolute Gasteiger partial charge is 0.292 e. The molecular weight excluding hydrogens is 244 g/mol. The molecule has 1 aliphatic rings. The van der Waals surface area contributed by atoms with Gasteiger partial charge in [0, 0.05) is 25.4 Å². The van der Waals surface area contributed by atoms with Crippen molar-refractivity contribution in [2.24, 2.45) is 0 Å². The summed E-state index contributed by atoms with van der Waals surface area (Å²) in [5.74, 6) is 0.864. The van der Waals surface area contributed by atoms with Crippen LogP contribution in [0.1, 0.15) is 17.0 Å². The molecule has 2 aromatic rings. The fourth-order valence-corrected chi connectivity index (χ4v) is 2.22. The molecule has 3 heterocycles. The Morgan fingerprint density at radius 1 is 1.53 bits per heavy atom. The van der Waals surface area contributed by atoms with Crippen LogP contribution in [0.15, 0.2) is 28.9 Å². The summed E-state index contributed by atoms with van der Waals surface area (Å²) in [5, 5.41) is 0. The molecule has 0 bridgehead atoms. The minimum Gasteiger partial charge on any atom is -0.428 e. The second-order valence-electron chi connectivity index (χ2n) is 4.53. The summed E-state index contributed by atoms with van der Waals surface area (Å²) in [6.07, 6.45) is 4.43. The first-order valence-electron chi connectivity index (χ1n) is 6.13. The van der Waals surface area contributed by atoms with Crippen LogP contribution in [0, 0.1) is 0 Å². The largest absolute Gasteiger partial charge is 0.428 e. The molecule has 0 fully saturated rings. The van der Waals surface area contributed by atoms with Gasteiger partial charge in [-0.05, 0) is 11.6 Å². The van der Waals surface area contributed by atoms with Gasteiger partial charge in [-0.25, -0.2) is 0 Å². The lowest BCUT2D eigenvalue weighted by Crippen LogP contribution is -2.36. The predicted octanol–water partition coefficient (Wildman–Crippen LogP) is 0.779. The molecule has 0 aliphatic carbocycles. The van der Waals surface area contributed by atoms with E-state index < -0.39 is 0 Å². The van der Waals surface area contributed by atoms with Crippen LogP contribution in [0.3, 0.4) is 0 Å². The van der Waals surface area contributed by atoms with Crippen molar-refractivity contribution in [3.05, 3.63) is 41.5 Å². The van der Waals surface area contributed by atoms with Gasteiger partial charge in [-0.3, -0.25) is 9.78 Å². The first kappa shape index (κ1) is 11.7. The summed E-state index contributed by atoms with van der Waals surface area (Å²) in [5.41, 5.74) is 7.20. The Balaban J connectivity index is 1.69.